The summed E-state index contributed by atoms with van der Waals surface area (Å²) in [5.41, 5.74) is 2.70. The lowest BCUT2D eigenvalue weighted by molar-refractivity contribution is -0.159. The van der Waals surface area contributed by atoms with Crippen molar-refractivity contribution in [3.8, 4) is 11.5 Å². The van der Waals surface area contributed by atoms with Crippen LogP contribution in [0.4, 0.5) is 0 Å². The van der Waals surface area contributed by atoms with E-state index in [4.69, 9.17) is 14.2 Å². The number of piperidine rings is 3. The Morgan fingerprint density at radius 2 is 1.57 bits per heavy atom. The summed E-state index contributed by atoms with van der Waals surface area (Å²) in [5.74, 6) is 1.64. The summed E-state index contributed by atoms with van der Waals surface area (Å²) in [4.78, 5) is 26.3. The van der Waals surface area contributed by atoms with Crippen LogP contribution in [-0.2, 0) is 9.53 Å². The topological polar surface area (TPSA) is 65.1 Å². The van der Waals surface area contributed by atoms with Gasteiger partial charge in [0.1, 0.15) is 37.1 Å². The van der Waals surface area contributed by atoms with Crippen molar-refractivity contribution in [1.29, 1.82) is 0 Å². The summed E-state index contributed by atoms with van der Waals surface area (Å²) in [6.45, 7) is 3.85. The predicted octanol–water partition coefficient (Wildman–Crippen LogP) is 5.12. The number of nitrogens with zero attached hydrogens (tertiary/aromatic N) is 1. The minimum absolute atomic E-state index is 0.00994. The lowest BCUT2D eigenvalue weighted by Crippen LogP contribution is -2.52. The van der Waals surface area contributed by atoms with E-state index in [-0.39, 0.29) is 24.4 Å². The van der Waals surface area contributed by atoms with Gasteiger partial charge in [-0.3, -0.25) is 14.5 Å². The molecule has 3 saturated heterocycles. The summed E-state index contributed by atoms with van der Waals surface area (Å²) < 4.78 is 17.7. The van der Waals surface area contributed by atoms with E-state index in [9.17, 15) is 9.59 Å². The minimum atomic E-state index is -0.145. The fourth-order valence-electron chi connectivity index (χ4n) is 5.32. The molecule has 0 aliphatic carbocycles. The van der Waals surface area contributed by atoms with Gasteiger partial charge in [0.2, 0.25) is 0 Å². The van der Waals surface area contributed by atoms with E-state index in [0.717, 1.165) is 55.6 Å². The monoisotopic (exact) mass is 499 g/mol. The van der Waals surface area contributed by atoms with Crippen LogP contribution in [-0.4, -0.2) is 56.1 Å². The summed E-state index contributed by atoms with van der Waals surface area (Å²) >= 11 is 0. The standard InChI is InChI=1S/C31H33NO5/c33-22-23-9-11-27(12-10-23)35-17-18-36-28-8-4-7-26(19-28)29(24-5-2-1-3-6-24)20-31(34)37-30-21-32-15-13-25(30)14-16-32/h1-12,19,22,25,29-30H,13-18,20-21H2/t29-,30-/m0/s1. The highest BCUT2D eigenvalue weighted by atomic mass is 16.5. The molecule has 37 heavy (non-hydrogen) atoms. The largest absolute Gasteiger partial charge is 0.490 e. The quantitative estimate of drug-likeness (QED) is 0.207. The van der Waals surface area contributed by atoms with Crippen LogP contribution in [0.5, 0.6) is 11.5 Å². The number of hydrogen-bond acceptors (Lipinski definition) is 6. The second-order valence-electron chi connectivity index (χ2n) is 9.79. The third-order valence-corrected chi connectivity index (χ3v) is 7.35. The molecular formula is C31H33NO5. The van der Waals surface area contributed by atoms with Crippen molar-refractivity contribution in [1.82, 2.24) is 4.90 Å². The Morgan fingerprint density at radius 1 is 0.865 bits per heavy atom. The molecule has 3 aromatic rings. The first-order valence-corrected chi connectivity index (χ1v) is 13.1. The zero-order valence-electron chi connectivity index (χ0n) is 21.0. The number of fused-ring (bicyclic) bond motifs is 3. The molecule has 2 bridgehead atoms. The van der Waals surface area contributed by atoms with Crippen LogP contribution in [0.1, 0.15) is 46.7 Å². The lowest BCUT2D eigenvalue weighted by Gasteiger charge is -2.44. The van der Waals surface area contributed by atoms with Crippen molar-refractivity contribution in [3.63, 3.8) is 0 Å². The molecular weight excluding hydrogens is 466 g/mol. The normalized spacial score (nSPS) is 21.1. The SMILES string of the molecule is O=Cc1ccc(OCCOc2cccc([C@@H](CC(=O)O[C@H]3CN4CCC3CC4)c3ccccc3)c2)cc1. The highest BCUT2D eigenvalue weighted by Gasteiger charge is 2.36. The molecule has 0 N–H and O–H groups in total. The second kappa shape index (κ2) is 12.1. The summed E-state index contributed by atoms with van der Waals surface area (Å²) in [6.07, 6.45) is 3.34. The van der Waals surface area contributed by atoms with Gasteiger partial charge >= 0.3 is 5.97 Å². The molecule has 0 radical (unpaired) electrons. The van der Waals surface area contributed by atoms with Crippen LogP contribution in [0.2, 0.25) is 0 Å². The third kappa shape index (κ3) is 6.57. The first-order valence-electron chi connectivity index (χ1n) is 13.1. The number of hydrogen-bond donors (Lipinski definition) is 0. The molecule has 6 heteroatoms. The van der Waals surface area contributed by atoms with Gasteiger partial charge in [-0.2, -0.15) is 0 Å². The van der Waals surface area contributed by atoms with E-state index in [2.05, 4.69) is 17.0 Å². The molecule has 2 atom stereocenters. The van der Waals surface area contributed by atoms with Crippen molar-refractivity contribution in [2.45, 2.75) is 31.3 Å². The molecule has 0 amide bonds. The molecule has 6 nitrogen and oxygen atoms in total. The molecule has 0 unspecified atom stereocenters. The molecule has 0 aromatic heterocycles. The Kier molecular flexibility index (Phi) is 8.16. The Balaban J connectivity index is 1.21. The highest BCUT2D eigenvalue weighted by Crippen LogP contribution is 2.33. The number of ether oxygens (including phenoxy) is 3. The molecule has 6 rings (SSSR count). The Bertz CT molecular complexity index is 1170. The third-order valence-electron chi connectivity index (χ3n) is 7.35. The molecule has 0 spiro atoms. The van der Waals surface area contributed by atoms with Crippen LogP contribution in [0.3, 0.4) is 0 Å². The predicted molar refractivity (Wildman–Crippen MR) is 141 cm³/mol. The second-order valence-corrected chi connectivity index (χ2v) is 9.79. The van der Waals surface area contributed by atoms with E-state index in [1.54, 1.807) is 24.3 Å². The van der Waals surface area contributed by atoms with E-state index >= 15 is 0 Å². The average molecular weight is 500 g/mol. The molecule has 192 valence electrons. The first kappa shape index (κ1) is 25.0. The van der Waals surface area contributed by atoms with Crippen LogP contribution in [0.15, 0.2) is 78.9 Å². The summed E-state index contributed by atoms with van der Waals surface area (Å²) in [5, 5.41) is 0. The van der Waals surface area contributed by atoms with Crippen molar-refractivity contribution in [3.05, 3.63) is 95.6 Å². The zero-order valence-corrected chi connectivity index (χ0v) is 21.0. The number of benzene rings is 3. The van der Waals surface area contributed by atoms with Crippen molar-refractivity contribution >= 4 is 12.3 Å². The van der Waals surface area contributed by atoms with Crippen molar-refractivity contribution < 1.29 is 23.8 Å². The van der Waals surface area contributed by atoms with Gasteiger partial charge in [-0.15, -0.1) is 0 Å². The number of aldehydes is 1. The smallest absolute Gasteiger partial charge is 0.307 e. The van der Waals surface area contributed by atoms with Crippen LogP contribution >= 0.6 is 0 Å². The van der Waals surface area contributed by atoms with E-state index < -0.39 is 0 Å². The van der Waals surface area contributed by atoms with E-state index in [1.165, 1.54) is 0 Å². The average Bonchev–Trinajstić information content (AvgIpc) is 2.96. The van der Waals surface area contributed by atoms with E-state index in [1.807, 2.05) is 42.5 Å². The first-order chi connectivity index (χ1) is 18.2. The van der Waals surface area contributed by atoms with Gasteiger partial charge in [0.15, 0.2) is 0 Å². The van der Waals surface area contributed by atoms with Gasteiger partial charge in [0.05, 0.1) is 6.42 Å². The Morgan fingerprint density at radius 3 is 2.24 bits per heavy atom. The summed E-state index contributed by atoms with van der Waals surface area (Å²) in [6, 6.07) is 25.0. The molecule has 3 fully saturated rings. The van der Waals surface area contributed by atoms with Crippen molar-refractivity contribution in [2.24, 2.45) is 5.92 Å². The fourth-order valence-corrected chi connectivity index (χ4v) is 5.32. The van der Waals surface area contributed by atoms with Crippen LogP contribution in [0.25, 0.3) is 0 Å². The van der Waals surface area contributed by atoms with Gasteiger partial charge in [0, 0.05) is 18.0 Å². The van der Waals surface area contributed by atoms with Crippen LogP contribution < -0.4 is 9.47 Å². The molecule has 3 aromatic carbocycles. The molecule has 0 saturated carbocycles. The van der Waals surface area contributed by atoms with Gasteiger partial charge in [-0.1, -0.05) is 42.5 Å². The number of esters is 1. The zero-order chi connectivity index (χ0) is 25.5. The van der Waals surface area contributed by atoms with E-state index in [0.29, 0.717) is 30.4 Å². The van der Waals surface area contributed by atoms with Crippen LogP contribution in [0, 0.1) is 5.92 Å². The lowest BCUT2D eigenvalue weighted by atomic mass is 9.85. The van der Waals surface area contributed by atoms with Gasteiger partial charge in [-0.25, -0.2) is 0 Å². The Hall–Kier alpha value is -3.64. The Labute approximate surface area is 218 Å². The molecule has 3 aliphatic heterocycles. The molecule has 3 aliphatic rings. The fraction of sp³-hybridized carbons (Fsp3) is 0.355. The summed E-state index contributed by atoms with van der Waals surface area (Å²) in [7, 11) is 0. The highest BCUT2D eigenvalue weighted by molar-refractivity contribution is 5.74. The maximum absolute atomic E-state index is 13.1. The minimum Gasteiger partial charge on any atom is -0.490 e. The van der Waals surface area contributed by atoms with Gasteiger partial charge in [0.25, 0.3) is 0 Å². The van der Waals surface area contributed by atoms with Gasteiger partial charge < -0.3 is 14.2 Å². The molecule has 3 heterocycles. The van der Waals surface area contributed by atoms with Gasteiger partial charge in [-0.05, 0) is 79.4 Å². The maximum Gasteiger partial charge on any atom is 0.307 e. The number of rotatable bonds is 11. The maximum atomic E-state index is 13.1. The number of carbonyl (C=O) groups excluding carboxylic acids is 2. The number of carbonyl (C=O) groups is 2. The van der Waals surface area contributed by atoms with Crippen molar-refractivity contribution in [2.75, 3.05) is 32.8 Å².